The van der Waals surface area contributed by atoms with Crippen molar-refractivity contribution in [3.05, 3.63) is 27.0 Å². The lowest BCUT2D eigenvalue weighted by Crippen LogP contribution is -2.36. The SMILES string of the molecule is O=C(CCNc1c(Br)cncc1[N+](=O)[O-])N1CCCCC1. The average Bonchev–Trinajstić information content (AvgIpc) is 2.49. The summed E-state index contributed by atoms with van der Waals surface area (Å²) in [7, 11) is 0. The number of carbonyl (C=O) groups excluding carboxylic acids is 1. The molecule has 1 aliphatic rings. The van der Waals surface area contributed by atoms with E-state index in [1.807, 2.05) is 4.90 Å². The molecular weight excluding hydrogens is 340 g/mol. The van der Waals surface area contributed by atoms with Crippen molar-refractivity contribution in [3.63, 3.8) is 0 Å². The van der Waals surface area contributed by atoms with Gasteiger partial charge in [-0.2, -0.15) is 0 Å². The number of piperidine rings is 1. The lowest BCUT2D eigenvalue weighted by atomic mass is 10.1. The maximum absolute atomic E-state index is 12.0. The summed E-state index contributed by atoms with van der Waals surface area (Å²) >= 11 is 3.23. The second kappa shape index (κ2) is 7.35. The molecule has 0 aromatic carbocycles. The summed E-state index contributed by atoms with van der Waals surface area (Å²) in [5, 5.41) is 13.9. The molecule has 1 amide bonds. The van der Waals surface area contributed by atoms with Crippen LogP contribution in [0.4, 0.5) is 11.4 Å². The Morgan fingerprint density at radius 2 is 2.10 bits per heavy atom. The number of rotatable bonds is 5. The topological polar surface area (TPSA) is 88.4 Å². The predicted octanol–water partition coefficient (Wildman–Crippen LogP) is 2.57. The second-order valence-corrected chi connectivity index (χ2v) is 5.75. The number of amides is 1. The molecule has 0 saturated carbocycles. The van der Waals surface area contributed by atoms with Crippen LogP contribution in [0.5, 0.6) is 0 Å². The lowest BCUT2D eigenvalue weighted by molar-refractivity contribution is -0.384. The van der Waals surface area contributed by atoms with E-state index in [4.69, 9.17) is 0 Å². The molecule has 0 radical (unpaired) electrons. The number of hydrogen-bond acceptors (Lipinski definition) is 5. The fraction of sp³-hybridized carbons (Fsp3) is 0.538. The molecule has 1 aromatic heterocycles. The van der Waals surface area contributed by atoms with Crippen LogP contribution in [0.3, 0.4) is 0 Å². The largest absolute Gasteiger partial charge is 0.378 e. The Labute approximate surface area is 131 Å². The van der Waals surface area contributed by atoms with Crippen molar-refractivity contribution in [3.8, 4) is 0 Å². The number of nitro groups is 1. The highest BCUT2D eigenvalue weighted by Crippen LogP contribution is 2.30. The molecule has 114 valence electrons. The standard InChI is InChI=1S/C13H17BrN4O3/c14-10-8-15-9-11(18(20)21)13(10)16-5-4-12(19)17-6-2-1-3-7-17/h8-9H,1-7H2,(H,15,16). The molecule has 2 rings (SSSR count). The van der Waals surface area contributed by atoms with Gasteiger partial charge >= 0.3 is 5.69 Å². The fourth-order valence-corrected chi connectivity index (χ4v) is 2.80. The maximum Gasteiger partial charge on any atom is 0.311 e. The third kappa shape index (κ3) is 4.13. The van der Waals surface area contributed by atoms with Crippen molar-refractivity contribution in [2.24, 2.45) is 0 Å². The summed E-state index contributed by atoms with van der Waals surface area (Å²) in [6, 6.07) is 0. The Morgan fingerprint density at radius 3 is 2.76 bits per heavy atom. The van der Waals surface area contributed by atoms with Crippen molar-refractivity contribution < 1.29 is 9.72 Å². The minimum Gasteiger partial charge on any atom is -0.378 e. The van der Waals surface area contributed by atoms with Gasteiger partial charge in [-0.1, -0.05) is 0 Å². The van der Waals surface area contributed by atoms with Crippen LogP contribution < -0.4 is 5.32 Å². The molecule has 1 saturated heterocycles. The van der Waals surface area contributed by atoms with Crippen LogP contribution >= 0.6 is 15.9 Å². The van der Waals surface area contributed by atoms with Gasteiger partial charge in [0.2, 0.25) is 5.91 Å². The molecule has 1 N–H and O–H groups in total. The number of hydrogen-bond donors (Lipinski definition) is 1. The van der Waals surface area contributed by atoms with Gasteiger partial charge in [0.25, 0.3) is 0 Å². The van der Waals surface area contributed by atoms with Crippen molar-refractivity contribution in [1.29, 1.82) is 0 Å². The highest BCUT2D eigenvalue weighted by Gasteiger charge is 2.19. The monoisotopic (exact) mass is 356 g/mol. The fourth-order valence-electron chi connectivity index (χ4n) is 2.33. The van der Waals surface area contributed by atoms with Crippen LogP contribution in [0.15, 0.2) is 16.9 Å². The minimum atomic E-state index is -0.494. The number of carbonyl (C=O) groups is 1. The molecule has 0 atom stereocenters. The molecule has 0 aliphatic carbocycles. The molecule has 1 fully saturated rings. The molecule has 7 nitrogen and oxygen atoms in total. The van der Waals surface area contributed by atoms with E-state index in [9.17, 15) is 14.9 Å². The number of halogens is 1. The Hall–Kier alpha value is -1.70. The number of likely N-dealkylation sites (tertiary alicyclic amines) is 1. The van der Waals surface area contributed by atoms with Gasteiger partial charge in [-0.3, -0.25) is 19.9 Å². The molecule has 0 unspecified atom stereocenters. The Kier molecular flexibility index (Phi) is 5.49. The van der Waals surface area contributed by atoms with E-state index in [1.54, 1.807) is 0 Å². The Balaban J connectivity index is 1.91. The summed E-state index contributed by atoms with van der Waals surface area (Å²) in [5.41, 5.74) is 0.260. The third-order valence-corrected chi connectivity index (χ3v) is 4.03. The van der Waals surface area contributed by atoms with Crippen LogP contribution in [-0.4, -0.2) is 40.3 Å². The second-order valence-electron chi connectivity index (χ2n) is 4.89. The average molecular weight is 357 g/mol. The highest BCUT2D eigenvalue weighted by atomic mass is 79.9. The van der Waals surface area contributed by atoms with Gasteiger partial charge < -0.3 is 10.2 Å². The van der Waals surface area contributed by atoms with Gasteiger partial charge in [-0.25, -0.2) is 0 Å². The molecule has 8 heteroatoms. The molecule has 1 aliphatic heterocycles. The third-order valence-electron chi connectivity index (χ3n) is 3.43. The van der Waals surface area contributed by atoms with E-state index in [1.165, 1.54) is 18.8 Å². The minimum absolute atomic E-state index is 0.0926. The van der Waals surface area contributed by atoms with Gasteiger partial charge in [0.1, 0.15) is 11.9 Å². The van der Waals surface area contributed by atoms with E-state index < -0.39 is 4.92 Å². The zero-order valence-electron chi connectivity index (χ0n) is 11.5. The molecule has 0 bridgehead atoms. The first-order chi connectivity index (χ1) is 10.1. The molecular formula is C13H17BrN4O3. The molecule has 21 heavy (non-hydrogen) atoms. The Bertz CT molecular complexity index is 532. The van der Waals surface area contributed by atoms with Gasteiger partial charge in [0, 0.05) is 32.3 Å². The zero-order valence-corrected chi connectivity index (χ0v) is 13.1. The summed E-state index contributed by atoms with van der Waals surface area (Å²) in [6.07, 6.45) is 6.30. The summed E-state index contributed by atoms with van der Waals surface area (Å²) < 4.78 is 0.516. The zero-order chi connectivity index (χ0) is 15.2. The van der Waals surface area contributed by atoms with E-state index >= 15 is 0 Å². The van der Waals surface area contributed by atoms with Gasteiger partial charge in [0.05, 0.1) is 9.40 Å². The van der Waals surface area contributed by atoms with Crippen molar-refractivity contribution in [1.82, 2.24) is 9.88 Å². The predicted molar refractivity (Wildman–Crippen MR) is 82.1 cm³/mol. The van der Waals surface area contributed by atoms with Crippen LogP contribution in [0.1, 0.15) is 25.7 Å². The highest BCUT2D eigenvalue weighted by molar-refractivity contribution is 9.10. The summed E-state index contributed by atoms with van der Waals surface area (Å²) in [4.78, 5) is 28.1. The molecule has 0 spiro atoms. The first-order valence-electron chi connectivity index (χ1n) is 6.89. The molecule has 1 aromatic rings. The van der Waals surface area contributed by atoms with E-state index in [2.05, 4.69) is 26.2 Å². The Morgan fingerprint density at radius 1 is 1.38 bits per heavy atom. The first-order valence-corrected chi connectivity index (χ1v) is 7.68. The van der Waals surface area contributed by atoms with Crippen LogP contribution in [0.25, 0.3) is 0 Å². The van der Waals surface area contributed by atoms with Gasteiger partial charge in [0.15, 0.2) is 0 Å². The van der Waals surface area contributed by atoms with Crippen LogP contribution in [0.2, 0.25) is 0 Å². The number of anilines is 1. The molecule has 2 heterocycles. The quantitative estimate of drug-likeness (QED) is 0.646. The van der Waals surface area contributed by atoms with E-state index in [-0.39, 0.29) is 11.6 Å². The number of nitrogens with one attached hydrogen (secondary N) is 1. The lowest BCUT2D eigenvalue weighted by Gasteiger charge is -2.26. The summed E-state index contributed by atoms with van der Waals surface area (Å²) in [6.45, 7) is 1.99. The van der Waals surface area contributed by atoms with Gasteiger partial charge in [-0.15, -0.1) is 0 Å². The van der Waals surface area contributed by atoms with Crippen molar-refractivity contribution in [2.75, 3.05) is 25.0 Å². The van der Waals surface area contributed by atoms with Crippen molar-refractivity contribution >= 4 is 33.2 Å². The van der Waals surface area contributed by atoms with Crippen molar-refractivity contribution in [2.45, 2.75) is 25.7 Å². The van der Waals surface area contributed by atoms with E-state index in [0.29, 0.717) is 23.1 Å². The summed E-state index contributed by atoms with van der Waals surface area (Å²) in [5.74, 6) is 0.0926. The normalized spacial score (nSPS) is 14.8. The smallest absolute Gasteiger partial charge is 0.311 e. The number of pyridine rings is 1. The first kappa shape index (κ1) is 15.7. The van der Waals surface area contributed by atoms with Crippen LogP contribution in [0, 0.1) is 10.1 Å². The number of aromatic nitrogens is 1. The van der Waals surface area contributed by atoms with E-state index in [0.717, 1.165) is 25.9 Å². The van der Waals surface area contributed by atoms with Gasteiger partial charge in [-0.05, 0) is 35.2 Å². The number of nitrogens with zero attached hydrogens (tertiary/aromatic N) is 3. The maximum atomic E-state index is 12.0. The van der Waals surface area contributed by atoms with Crippen LogP contribution in [-0.2, 0) is 4.79 Å².